The molecule has 0 aliphatic heterocycles. The van der Waals surface area contributed by atoms with Gasteiger partial charge in [-0.3, -0.25) is 0 Å². The molecule has 0 atom stereocenters. The Balaban J connectivity index is 0.00000196. The Morgan fingerprint density at radius 3 is 1.80 bits per heavy atom. The van der Waals surface area contributed by atoms with Gasteiger partial charge in [0.05, 0.1) is 0 Å². The Bertz CT molecular complexity index is 285. The Morgan fingerprint density at radius 2 is 1.47 bits per heavy atom. The van der Waals surface area contributed by atoms with E-state index in [1.165, 1.54) is 5.69 Å². The molecule has 0 saturated carbocycles. The number of hydrogen-bond donors (Lipinski definition) is 0. The maximum atomic E-state index is 2.35. The molecule has 0 saturated heterocycles. The summed E-state index contributed by atoms with van der Waals surface area (Å²) in [7, 11) is 0. The van der Waals surface area contributed by atoms with Gasteiger partial charge in [-0.05, 0) is 0 Å². The van der Waals surface area contributed by atoms with Crippen molar-refractivity contribution in [1.82, 2.24) is 0 Å². The molecular weight excluding hydrogens is 362 g/mol. The van der Waals surface area contributed by atoms with E-state index < -0.39 is 0 Å². The molecule has 2 heteroatoms. The molecule has 15 heavy (non-hydrogen) atoms. The van der Waals surface area contributed by atoms with Crippen LogP contribution in [0.15, 0.2) is 24.4 Å². The van der Waals surface area contributed by atoms with Crippen molar-refractivity contribution in [1.29, 1.82) is 0 Å². The van der Waals surface area contributed by atoms with Crippen LogP contribution >= 0.6 is 0 Å². The number of hydrogen-bond acceptors (Lipinski definition) is 0. The second-order valence-electron chi connectivity index (χ2n) is 5.88. The number of aromatic nitrogens is 1. The summed E-state index contributed by atoms with van der Waals surface area (Å²) in [5, 5.41) is 0. The minimum absolute atomic E-state index is 0. The fourth-order valence-electron chi connectivity index (χ4n) is 1.64. The zero-order valence-electron chi connectivity index (χ0n) is 10.6. The smallest absolute Gasteiger partial charge is 0.187 e. The van der Waals surface area contributed by atoms with Gasteiger partial charge in [0, 0.05) is 58.4 Å². The van der Waals surface area contributed by atoms with Gasteiger partial charge in [0.1, 0.15) is 0 Å². The predicted molar refractivity (Wildman–Crippen MR) is 60.3 cm³/mol. The van der Waals surface area contributed by atoms with Gasteiger partial charge >= 0.3 is 0 Å². The molecule has 0 N–H and O–H groups in total. The summed E-state index contributed by atoms with van der Waals surface area (Å²) in [4.78, 5) is 0. The van der Waals surface area contributed by atoms with Crippen LogP contribution in [0.25, 0.3) is 0 Å². The van der Waals surface area contributed by atoms with E-state index in [2.05, 4.69) is 70.5 Å². The standard InChI is InChI=1S/C13H22N.Ir/c1-12(2,3)11-9-7-8-10-14(11)13(4,5)6;/h7-10H,1-6H3;/q+1;. The molecule has 0 spiro atoms. The predicted octanol–water partition coefficient (Wildman–Crippen LogP) is 3.02. The SMILES string of the molecule is CC(C)(C)c1cccc[n+]1C(C)(C)C.[Ir]. The van der Waals surface area contributed by atoms with Gasteiger partial charge in [0.2, 0.25) is 0 Å². The maximum Gasteiger partial charge on any atom is 0.187 e. The molecule has 0 bridgehead atoms. The zero-order chi connectivity index (χ0) is 11.0. The molecule has 1 heterocycles. The Morgan fingerprint density at radius 1 is 0.933 bits per heavy atom. The fourth-order valence-corrected chi connectivity index (χ4v) is 1.64. The van der Waals surface area contributed by atoms with Crippen LogP contribution in [-0.2, 0) is 31.1 Å². The van der Waals surface area contributed by atoms with Crippen LogP contribution in [0.1, 0.15) is 47.2 Å². The van der Waals surface area contributed by atoms with E-state index in [9.17, 15) is 0 Å². The first-order valence-electron chi connectivity index (χ1n) is 5.24. The van der Waals surface area contributed by atoms with Crippen LogP contribution in [0.2, 0.25) is 0 Å². The summed E-state index contributed by atoms with van der Waals surface area (Å²) in [6.07, 6.45) is 2.17. The van der Waals surface area contributed by atoms with E-state index in [1.807, 2.05) is 0 Å². The largest absolute Gasteiger partial charge is 0.198 e. The van der Waals surface area contributed by atoms with E-state index in [0.717, 1.165) is 0 Å². The van der Waals surface area contributed by atoms with Crippen LogP contribution in [0.4, 0.5) is 0 Å². The van der Waals surface area contributed by atoms with Crippen molar-refractivity contribution < 1.29 is 24.7 Å². The summed E-state index contributed by atoms with van der Waals surface area (Å²) in [6, 6.07) is 6.43. The first-order chi connectivity index (χ1) is 6.23. The Labute approximate surface area is 107 Å². The van der Waals surface area contributed by atoms with Crippen molar-refractivity contribution in [2.75, 3.05) is 0 Å². The van der Waals surface area contributed by atoms with Crippen LogP contribution in [0, 0.1) is 0 Å². The average molecular weight is 385 g/mol. The maximum absolute atomic E-state index is 2.35. The molecule has 0 aliphatic carbocycles. The minimum atomic E-state index is 0. The molecule has 0 aromatic carbocycles. The van der Waals surface area contributed by atoms with E-state index >= 15 is 0 Å². The fraction of sp³-hybridized carbons (Fsp3) is 0.615. The van der Waals surface area contributed by atoms with E-state index in [4.69, 9.17) is 0 Å². The normalized spacial score (nSPS) is 12.1. The van der Waals surface area contributed by atoms with E-state index in [1.54, 1.807) is 0 Å². The Kier molecular flexibility index (Phi) is 4.69. The summed E-state index contributed by atoms with van der Waals surface area (Å²) in [6.45, 7) is 13.5. The molecule has 1 nitrogen and oxygen atoms in total. The molecule has 0 unspecified atom stereocenters. The second kappa shape index (κ2) is 4.76. The molecule has 87 valence electrons. The van der Waals surface area contributed by atoms with Crippen LogP contribution in [-0.4, -0.2) is 0 Å². The second-order valence-corrected chi connectivity index (χ2v) is 5.88. The van der Waals surface area contributed by atoms with Gasteiger partial charge in [0.15, 0.2) is 17.4 Å². The van der Waals surface area contributed by atoms with Gasteiger partial charge in [-0.2, -0.15) is 4.57 Å². The first kappa shape index (κ1) is 14.8. The van der Waals surface area contributed by atoms with Crippen LogP contribution < -0.4 is 4.57 Å². The van der Waals surface area contributed by atoms with Crippen molar-refractivity contribution in [2.45, 2.75) is 52.5 Å². The van der Waals surface area contributed by atoms with Crippen molar-refractivity contribution >= 4 is 0 Å². The van der Waals surface area contributed by atoms with Crippen LogP contribution in [0.5, 0.6) is 0 Å². The number of rotatable bonds is 0. The van der Waals surface area contributed by atoms with E-state index in [-0.39, 0.29) is 31.1 Å². The third-order valence-electron chi connectivity index (χ3n) is 2.35. The number of pyridine rings is 1. The zero-order valence-corrected chi connectivity index (χ0v) is 13.0. The van der Waals surface area contributed by atoms with Gasteiger partial charge < -0.3 is 0 Å². The monoisotopic (exact) mass is 385 g/mol. The molecule has 1 rings (SSSR count). The molecule has 1 radical (unpaired) electrons. The van der Waals surface area contributed by atoms with Crippen LogP contribution in [0.3, 0.4) is 0 Å². The van der Waals surface area contributed by atoms with Gasteiger partial charge in [-0.1, -0.05) is 26.8 Å². The van der Waals surface area contributed by atoms with Gasteiger partial charge in [-0.25, -0.2) is 0 Å². The van der Waals surface area contributed by atoms with Crippen molar-refractivity contribution in [3.8, 4) is 0 Å². The summed E-state index contributed by atoms with van der Waals surface area (Å²) >= 11 is 0. The molecule has 0 amide bonds. The summed E-state index contributed by atoms with van der Waals surface area (Å²) < 4.78 is 2.35. The molecule has 1 aromatic heterocycles. The first-order valence-corrected chi connectivity index (χ1v) is 5.24. The average Bonchev–Trinajstić information content (AvgIpc) is 2.01. The quantitative estimate of drug-likeness (QED) is 0.606. The summed E-state index contributed by atoms with van der Waals surface area (Å²) in [5.41, 5.74) is 1.74. The molecular formula is C13H22IrN+. The summed E-state index contributed by atoms with van der Waals surface area (Å²) in [5.74, 6) is 0. The number of nitrogens with zero attached hydrogens (tertiary/aromatic N) is 1. The topological polar surface area (TPSA) is 3.88 Å². The van der Waals surface area contributed by atoms with Gasteiger partial charge in [-0.15, -0.1) is 0 Å². The minimum Gasteiger partial charge on any atom is -0.198 e. The molecule has 0 fully saturated rings. The van der Waals surface area contributed by atoms with Gasteiger partial charge in [0.25, 0.3) is 0 Å². The third kappa shape index (κ3) is 3.70. The van der Waals surface area contributed by atoms with Crippen molar-refractivity contribution in [3.05, 3.63) is 30.1 Å². The van der Waals surface area contributed by atoms with Crippen molar-refractivity contribution in [2.24, 2.45) is 0 Å². The Hall–Kier alpha value is -0.201. The molecule has 1 aromatic rings. The van der Waals surface area contributed by atoms with E-state index in [0.29, 0.717) is 0 Å². The third-order valence-corrected chi connectivity index (χ3v) is 2.35. The molecule has 0 aliphatic rings. The van der Waals surface area contributed by atoms with Crippen molar-refractivity contribution in [3.63, 3.8) is 0 Å².